The zero-order valence-corrected chi connectivity index (χ0v) is 10.8. The van der Waals surface area contributed by atoms with E-state index in [1.54, 1.807) is 0 Å². The Morgan fingerprint density at radius 3 is 3.19 bits per heavy atom. The van der Waals surface area contributed by atoms with Crippen LogP contribution < -0.4 is 5.32 Å². The van der Waals surface area contributed by atoms with E-state index in [1.807, 2.05) is 13.2 Å². The quantitative estimate of drug-likeness (QED) is 0.867. The Labute approximate surface area is 102 Å². The first-order valence-corrected chi connectivity index (χ1v) is 6.85. The lowest BCUT2D eigenvalue weighted by molar-refractivity contribution is 0.254. The van der Waals surface area contributed by atoms with Gasteiger partial charge >= 0.3 is 0 Å². The SMILES string of the molecule is CNc1cc(CN(C)C2CCSC2)ccn1. The molecule has 1 aliphatic heterocycles. The Balaban J connectivity index is 1.96. The van der Waals surface area contributed by atoms with Crippen LogP contribution in [-0.2, 0) is 6.54 Å². The van der Waals surface area contributed by atoms with Gasteiger partial charge < -0.3 is 5.32 Å². The average Bonchev–Trinajstić information content (AvgIpc) is 2.83. The maximum Gasteiger partial charge on any atom is 0.125 e. The van der Waals surface area contributed by atoms with Gasteiger partial charge in [0.05, 0.1) is 0 Å². The van der Waals surface area contributed by atoms with Crippen molar-refractivity contribution in [2.45, 2.75) is 19.0 Å². The second-order valence-corrected chi connectivity index (χ2v) is 5.38. The summed E-state index contributed by atoms with van der Waals surface area (Å²) in [6.45, 7) is 1.02. The van der Waals surface area contributed by atoms with Crippen LogP contribution in [0.3, 0.4) is 0 Å². The topological polar surface area (TPSA) is 28.2 Å². The maximum absolute atomic E-state index is 4.23. The zero-order chi connectivity index (χ0) is 11.4. The molecule has 1 aliphatic rings. The van der Waals surface area contributed by atoms with Gasteiger partial charge in [0.15, 0.2) is 0 Å². The molecule has 16 heavy (non-hydrogen) atoms. The van der Waals surface area contributed by atoms with Gasteiger partial charge in [0.1, 0.15) is 5.82 Å². The number of hydrogen-bond acceptors (Lipinski definition) is 4. The summed E-state index contributed by atoms with van der Waals surface area (Å²) in [6.07, 6.45) is 3.20. The van der Waals surface area contributed by atoms with Crippen LogP contribution in [0.5, 0.6) is 0 Å². The van der Waals surface area contributed by atoms with Gasteiger partial charge in [-0.15, -0.1) is 0 Å². The summed E-state index contributed by atoms with van der Waals surface area (Å²) in [5.74, 6) is 3.54. The summed E-state index contributed by atoms with van der Waals surface area (Å²) in [5.41, 5.74) is 1.33. The molecular weight excluding hydrogens is 218 g/mol. The molecule has 1 unspecified atom stereocenters. The third-order valence-corrected chi connectivity index (χ3v) is 4.19. The van der Waals surface area contributed by atoms with Crippen molar-refractivity contribution in [1.29, 1.82) is 0 Å². The second-order valence-electron chi connectivity index (χ2n) is 4.23. The van der Waals surface area contributed by atoms with Crippen molar-refractivity contribution >= 4 is 17.6 Å². The van der Waals surface area contributed by atoms with Gasteiger partial charge in [-0.05, 0) is 36.9 Å². The first-order valence-electron chi connectivity index (χ1n) is 5.70. The Hall–Kier alpha value is -0.740. The van der Waals surface area contributed by atoms with Crippen molar-refractivity contribution in [2.24, 2.45) is 0 Å². The van der Waals surface area contributed by atoms with Crippen molar-refractivity contribution in [1.82, 2.24) is 9.88 Å². The second kappa shape index (κ2) is 5.55. The van der Waals surface area contributed by atoms with E-state index >= 15 is 0 Å². The van der Waals surface area contributed by atoms with Crippen LogP contribution in [0.25, 0.3) is 0 Å². The van der Waals surface area contributed by atoms with Gasteiger partial charge in [0.25, 0.3) is 0 Å². The normalized spacial score (nSPS) is 20.3. The fourth-order valence-corrected chi connectivity index (χ4v) is 3.29. The highest BCUT2D eigenvalue weighted by atomic mass is 32.2. The molecule has 1 aromatic rings. The highest BCUT2D eigenvalue weighted by molar-refractivity contribution is 7.99. The predicted octanol–water partition coefficient (Wildman–Crippen LogP) is 2.06. The summed E-state index contributed by atoms with van der Waals surface area (Å²) >= 11 is 2.06. The maximum atomic E-state index is 4.23. The number of rotatable bonds is 4. The average molecular weight is 237 g/mol. The fraction of sp³-hybridized carbons (Fsp3) is 0.583. The van der Waals surface area contributed by atoms with Gasteiger partial charge in [-0.25, -0.2) is 4.98 Å². The molecule has 0 radical (unpaired) electrons. The number of nitrogens with zero attached hydrogens (tertiary/aromatic N) is 2. The van der Waals surface area contributed by atoms with Crippen molar-refractivity contribution in [3.05, 3.63) is 23.9 Å². The smallest absolute Gasteiger partial charge is 0.125 e. The molecule has 4 heteroatoms. The summed E-state index contributed by atoms with van der Waals surface area (Å²) < 4.78 is 0. The molecule has 1 N–H and O–H groups in total. The van der Waals surface area contributed by atoms with Crippen molar-refractivity contribution in [3.63, 3.8) is 0 Å². The molecule has 0 aliphatic carbocycles. The first kappa shape index (κ1) is 11.7. The molecule has 1 fully saturated rings. The van der Waals surface area contributed by atoms with Crippen molar-refractivity contribution < 1.29 is 0 Å². The fourth-order valence-electron chi connectivity index (χ4n) is 2.00. The molecule has 0 bridgehead atoms. The van der Waals surface area contributed by atoms with Gasteiger partial charge in [0.2, 0.25) is 0 Å². The number of pyridine rings is 1. The summed E-state index contributed by atoms with van der Waals surface area (Å²) in [6, 6.07) is 4.97. The molecule has 1 aromatic heterocycles. The highest BCUT2D eigenvalue weighted by Gasteiger charge is 2.19. The first-order chi connectivity index (χ1) is 7.79. The molecule has 0 spiro atoms. The third kappa shape index (κ3) is 2.89. The highest BCUT2D eigenvalue weighted by Crippen LogP contribution is 2.22. The lowest BCUT2D eigenvalue weighted by atomic mass is 10.2. The lowest BCUT2D eigenvalue weighted by Gasteiger charge is -2.23. The molecule has 0 saturated carbocycles. The van der Waals surface area contributed by atoms with E-state index in [-0.39, 0.29) is 0 Å². The Morgan fingerprint density at radius 1 is 1.62 bits per heavy atom. The van der Waals surface area contributed by atoms with E-state index in [0.29, 0.717) is 0 Å². The van der Waals surface area contributed by atoms with Gasteiger partial charge in [-0.1, -0.05) is 0 Å². The van der Waals surface area contributed by atoms with Gasteiger partial charge in [0, 0.05) is 31.6 Å². The molecule has 0 aromatic carbocycles. The summed E-state index contributed by atoms with van der Waals surface area (Å²) in [7, 11) is 4.12. The van der Waals surface area contributed by atoms with Gasteiger partial charge in [-0.2, -0.15) is 11.8 Å². The number of anilines is 1. The third-order valence-electron chi connectivity index (χ3n) is 3.04. The van der Waals surface area contributed by atoms with E-state index in [2.05, 4.69) is 46.1 Å². The Kier molecular flexibility index (Phi) is 4.07. The molecule has 1 atom stereocenters. The molecule has 2 rings (SSSR count). The van der Waals surface area contributed by atoms with E-state index in [4.69, 9.17) is 0 Å². The van der Waals surface area contributed by atoms with Crippen LogP contribution in [0.15, 0.2) is 18.3 Å². The van der Waals surface area contributed by atoms with Crippen LogP contribution in [0.1, 0.15) is 12.0 Å². The summed E-state index contributed by atoms with van der Waals surface area (Å²) in [5, 5.41) is 3.08. The standard InChI is InChI=1S/C12H19N3S/c1-13-12-7-10(3-5-14-12)8-15(2)11-4-6-16-9-11/h3,5,7,11H,4,6,8-9H2,1-2H3,(H,13,14). The van der Waals surface area contributed by atoms with Crippen LogP contribution in [0, 0.1) is 0 Å². The van der Waals surface area contributed by atoms with Crippen molar-refractivity contribution in [3.8, 4) is 0 Å². The van der Waals surface area contributed by atoms with Crippen LogP contribution in [-0.4, -0.2) is 41.5 Å². The molecule has 2 heterocycles. The van der Waals surface area contributed by atoms with E-state index < -0.39 is 0 Å². The minimum atomic E-state index is 0.746. The molecular formula is C12H19N3S. The molecule has 3 nitrogen and oxygen atoms in total. The lowest BCUT2D eigenvalue weighted by Crippen LogP contribution is -2.30. The van der Waals surface area contributed by atoms with Crippen LogP contribution in [0.2, 0.25) is 0 Å². The number of nitrogens with one attached hydrogen (secondary N) is 1. The Bertz CT molecular complexity index is 337. The molecule has 1 saturated heterocycles. The minimum absolute atomic E-state index is 0.746. The number of hydrogen-bond donors (Lipinski definition) is 1. The van der Waals surface area contributed by atoms with Crippen LogP contribution >= 0.6 is 11.8 Å². The van der Waals surface area contributed by atoms with Crippen molar-refractivity contribution in [2.75, 3.05) is 30.9 Å². The Morgan fingerprint density at radius 2 is 2.50 bits per heavy atom. The van der Waals surface area contributed by atoms with Gasteiger partial charge in [-0.3, -0.25) is 4.90 Å². The predicted molar refractivity (Wildman–Crippen MR) is 71.0 cm³/mol. The van der Waals surface area contributed by atoms with E-state index in [0.717, 1.165) is 18.4 Å². The molecule has 0 amide bonds. The monoisotopic (exact) mass is 237 g/mol. The molecule has 88 valence electrons. The van der Waals surface area contributed by atoms with Crippen LogP contribution in [0.4, 0.5) is 5.82 Å². The largest absolute Gasteiger partial charge is 0.373 e. The summed E-state index contributed by atoms with van der Waals surface area (Å²) in [4.78, 5) is 6.68. The van der Waals surface area contributed by atoms with E-state index in [1.165, 1.54) is 23.5 Å². The number of aromatic nitrogens is 1. The minimum Gasteiger partial charge on any atom is -0.373 e. The van der Waals surface area contributed by atoms with E-state index in [9.17, 15) is 0 Å². The number of thioether (sulfide) groups is 1. The zero-order valence-electron chi connectivity index (χ0n) is 9.94.